The Bertz CT molecular complexity index is 791. The topological polar surface area (TPSA) is 58.4 Å². The molecule has 0 saturated carbocycles. The van der Waals surface area contributed by atoms with Gasteiger partial charge in [0.2, 0.25) is 5.91 Å². The maximum Gasteiger partial charge on any atom is 0.243 e. The lowest BCUT2D eigenvalue weighted by Gasteiger charge is -2.31. The monoisotopic (exact) mass is 357 g/mol. The van der Waals surface area contributed by atoms with Crippen molar-refractivity contribution in [3.05, 3.63) is 53.1 Å². The number of nitrogens with two attached hydrogens (primary N) is 1. The molecule has 4 rings (SSSR count). The Morgan fingerprint density at radius 2 is 1.92 bits per heavy atom. The summed E-state index contributed by atoms with van der Waals surface area (Å²) < 4.78 is 0. The second-order valence-electron chi connectivity index (χ2n) is 6.76. The zero-order chi connectivity index (χ0) is 16.5. The number of benzene rings is 2. The fourth-order valence-corrected chi connectivity index (χ4v) is 3.92. The van der Waals surface area contributed by atoms with E-state index < -0.39 is 0 Å². The first kappa shape index (κ1) is 17.6. The fraction of sp³-hybridized carbons (Fsp3) is 0.350. The first-order valence-corrected chi connectivity index (χ1v) is 8.75. The van der Waals surface area contributed by atoms with Crippen LogP contribution in [0.25, 0.3) is 0 Å². The van der Waals surface area contributed by atoms with Crippen LogP contribution in [-0.4, -0.2) is 19.0 Å². The molecule has 0 saturated heterocycles. The number of nitrogen functional groups attached to an aromatic ring is 1. The first-order chi connectivity index (χ1) is 11.7. The van der Waals surface area contributed by atoms with E-state index in [0.29, 0.717) is 6.54 Å². The van der Waals surface area contributed by atoms with Gasteiger partial charge in [-0.25, -0.2) is 0 Å². The molecular formula is C20H24ClN3O. The predicted octanol–water partition coefficient (Wildman–Crippen LogP) is 3.57. The molecule has 0 bridgehead atoms. The standard InChI is InChI=1S/C20H23N3O.ClH/c21-18-7-2-8-19-17(18)6-3-11-23(19)13-20(24)22-16-10-9-14-4-1-5-15(14)12-16;/h2,7-10,12H,1,3-6,11,13,21H2,(H,22,24);1H. The van der Waals surface area contributed by atoms with Gasteiger partial charge in [0, 0.05) is 23.6 Å². The van der Waals surface area contributed by atoms with Gasteiger partial charge in [-0.15, -0.1) is 12.4 Å². The number of nitrogens with one attached hydrogen (secondary N) is 1. The van der Waals surface area contributed by atoms with Crippen LogP contribution < -0.4 is 16.0 Å². The first-order valence-electron chi connectivity index (χ1n) is 8.75. The highest BCUT2D eigenvalue weighted by molar-refractivity contribution is 5.94. The number of carbonyl (C=O) groups excluding carboxylic acids is 1. The zero-order valence-corrected chi connectivity index (χ0v) is 15.1. The van der Waals surface area contributed by atoms with E-state index in [1.807, 2.05) is 18.2 Å². The summed E-state index contributed by atoms with van der Waals surface area (Å²) in [7, 11) is 0. The number of rotatable bonds is 3. The quantitative estimate of drug-likeness (QED) is 0.825. The van der Waals surface area contributed by atoms with Crippen LogP contribution in [0.5, 0.6) is 0 Å². The van der Waals surface area contributed by atoms with Crippen molar-refractivity contribution in [1.82, 2.24) is 0 Å². The molecule has 1 aliphatic heterocycles. The van der Waals surface area contributed by atoms with Crippen LogP contribution in [0.15, 0.2) is 36.4 Å². The molecule has 4 nitrogen and oxygen atoms in total. The van der Waals surface area contributed by atoms with Gasteiger partial charge < -0.3 is 16.0 Å². The maximum absolute atomic E-state index is 12.5. The molecule has 0 radical (unpaired) electrons. The van der Waals surface area contributed by atoms with E-state index >= 15 is 0 Å². The summed E-state index contributed by atoms with van der Waals surface area (Å²) in [6.45, 7) is 1.27. The molecule has 3 N–H and O–H groups in total. The number of aryl methyl sites for hydroxylation is 2. The molecule has 5 heteroatoms. The van der Waals surface area contributed by atoms with Crippen molar-refractivity contribution in [2.45, 2.75) is 32.1 Å². The van der Waals surface area contributed by atoms with Gasteiger partial charge in [-0.05, 0) is 73.1 Å². The van der Waals surface area contributed by atoms with Gasteiger partial charge in [-0.3, -0.25) is 4.79 Å². The highest BCUT2D eigenvalue weighted by atomic mass is 35.5. The molecule has 0 atom stereocenters. The average molecular weight is 358 g/mol. The van der Waals surface area contributed by atoms with Gasteiger partial charge in [0.1, 0.15) is 0 Å². The Morgan fingerprint density at radius 3 is 2.80 bits per heavy atom. The van der Waals surface area contributed by atoms with E-state index in [0.717, 1.165) is 49.3 Å². The van der Waals surface area contributed by atoms with E-state index in [4.69, 9.17) is 5.73 Å². The van der Waals surface area contributed by atoms with Crippen LogP contribution in [-0.2, 0) is 24.1 Å². The highest BCUT2D eigenvalue weighted by Gasteiger charge is 2.20. The van der Waals surface area contributed by atoms with Crippen molar-refractivity contribution in [1.29, 1.82) is 0 Å². The van der Waals surface area contributed by atoms with Gasteiger partial charge in [-0.2, -0.15) is 0 Å². The van der Waals surface area contributed by atoms with Crippen LogP contribution in [0.3, 0.4) is 0 Å². The molecule has 0 spiro atoms. The molecule has 25 heavy (non-hydrogen) atoms. The molecule has 132 valence electrons. The average Bonchev–Trinajstić information content (AvgIpc) is 3.03. The number of fused-ring (bicyclic) bond motifs is 2. The van der Waals surface area contributed by atoms with Crippen LogP contribution in [0.2, 0.25) is 0 Å². The summed E-state index contributed by atoms with van der Waals surface area (Å²) in [4.78, 5) is 14.6. The smallest absolute Gasteiger partial charge is 0.243 e. The SMILES string of the molecule is Cl.Nc1cccc2c1CCCN2CC(=O)Nc1ccc2c(c1)CCC2. The Hall–Kier alpha value is -2.20. The number of hydrogen-bond donors (Lipinski definition) is 2. The van der Waals surface area contributed by atoms with E-state index in [-0.39, 0.29) is 18.3 Å². The molecule has 0 fully saturated rings. The zero-order valence-electron chi connectivity index (χ0n) is 14.3. The van der Waals surface area contributed by atoms with Crippen molar-refractivity contribution < 1.29 is 4.79 Å². The van der Waals surface area contributed by atoms with Gasteiger partial charge in [0.25, 0.3) is 0 Å². The minimum absolute atomic E-state index is 0. The third-order valence-electron chi connectivity index (χ3n) is 5.10. The predicted molar refractivity (Wildman–Crippen MR) is 106 cm³/mol. The normalized spacial score (nSPS) is 15.1. The third-order valence-corrected chi connectivity index (χ3v) is 5.10. The lowest BCUT2D eigenvalue weighted by Crippen LogP contribution is -2.37. The Balaban J connectivity index is 0.00000182. The molecule has 1 aliphatic carbocycles. The number of amides is 1. The minimum atomic E-state index is 0. The Labute approximate surface area is 154 Å². The lowest BCUT2D eigenvalue weighted by molar-refractivity contribution is -0.115. The summed E-state index contributed by atoms with van der Waals surface area (Å²) >= 11 is 0. The number of hydrogen-bond acceptors (Lipinski definition) is 3. The summed E-state index contributed by atoms with van der Waals surface area (Å²) in [6, 6.07) is 12.3. The van der Waals surface area contributed by atoms with Crippen LogP contribution in [0.1, 0.15) is 29.5 Å². The number of carbonyl (C=O) groups is 1. The number of nitrogens with zero attached hydrogens (tertiary/aromatic N) is 1. The lowest BCUT2D eigenvalue weighted by atomic mass is 10.00. The van der Waals surface area contributed by atoms with Crippen molar-refractivity contribution in [3.8, 4) is 0 Å². The van der Waals surface area contributed by atoms with Gasteiger partial charge in [0.15, 0.2) is 0 Å². The van der Waals surface area contributed by atoms with Crippen LogP contribution in [0, 0.1) is 0 Å². The summed E-state index contributed by atoms with van der Waals surface area (Å²) in [6.07, 6.45) is 5.53. The summed E-state index contributed by atoms with van der Waals surface area (Å²) in [5.74, 6) is 0.0308. The van der Waals surface area contributed by atoms with Gasteiger partial charge in [0.05, 0.1) is 6.54 Å². The Kier molecular flexibility index (Phi) is 5.19. The second-order valence-corrected chi connectivity index (χ2v) is 6.76. The van der Waals surface area contributed by atoms with E-state index in [1.54, 1.807) is 0 Å². The van der Waals surface area contributed by atoms with Crippen molar-refractivity contribution in [3.63, 3.8) is 0 Å². The van der Waals surface area contributed by atoms with Gasteiger partial charge >= 0.3 is 0 Å². The van der Waals surface area contributed by atoms with Crippen LogP contribution in [0.4, 0.5) is 17.1 Å². The van der Waals surface area contributed by atoms with Gasteiger partial charge in [-0.1, -0.05) is 12.1 Å². The van der Waals surface area contributed by atoms with Crippen molar-refractivity contribution in [2.24, 2.45) is 0 Å². The number of halogens is 1. The van der Waals surface area contributed by atoms with Crippen molar-refractivity contribution in [2.75, 3.05) is 29.0 Å². The second kappa shape index (κ2) is 7.36. The molecule has 2 aliphatic rings. The van der Waals surface area contributed by atoms with E-state index in [9.17, 15) is 4.79 Å². The molecule has 1 amide bonds. The molecule has 0 unspecified atom stereocenters. The molecule has 0 aromatic heterocycles. The highest BCUT2D eigenvalue weighted by Crippen LogP contribution is 2.31. The van der Waals surface area contributed by atoms with E-state index in [1.165, 1.54) is 23.1 Å². The number of anilines is 3. The van der Waals surface area contributed by atoms with E-state index in [2.05, 4.69) is 28.4 Å². The fourth-order valence-electron chi connectivity index (χ4n) is 3.92. The summed E-state index contributed by atoms with van der Waals surface area (Å²) in [5.41, 5.74) is 12.9. The largest absolute Gasteiger partial charge is 0.398 e. The molecular weight excluding hydrogens is 334 g/mol. The molecule has 1 heterocycles. The van der Waals surface area contributed by atoms with Crippen LogP contribution >= 0.6 is 12.4 Å². The van der Waals surface area contributed by atoms with Crippen molar-refractivity contribution >= 4 is 35.4 Å². The minimum Gasteiger partial charge on any atom is -0.398 e. The Morgan fingerprint density at radius 1 is 1.08 bits per heavy atom. The maximum atomic E-state index is 12.5. The third kappa shape index (κ3) is 3.59. The molecule has 2 aromatic rings. The molecule has 2 aromatic carbocycles. The summed E-state index contributed by atoms with van der Waals surface area (Å²) in [5, 5.41) is 3.05.